The van der Waals surface area contributed by atoms with Crippen molar-refractivity contribution in [1.29, 1.82) is 0 Å². The minimum absolute atomic E-state index is 0.0255. The Morgan fingerprint density at radius 2 is 1.65 bits per heavy atom. The highest BCUT2D eigenvalue weighted by Gasteiger charge is 2.61. The third-order valence-electron chi connectivity index (χ3n) is 5.78. The van der Waals surface area contributed by atoms with Gasteiger partial charge in [-0.05, 0) is 24.2 Å². The zero-order valence-electron chi connectivity index (χ0n) is 13.5. The highest BCUT2D eigenvalue weighted by molar-refractivity contribution is 5.94. The normalized spacial score (nSPS) is 27.4. The molecular weight excluding hydrogens is 300 g/mol. The summed E-state index contributed by atoms with van der Waals surface area (Å²) in [6.45, 7) is 6.67. The van der Waals surface area contributed by atoms with E-state index in [1.165, 1.54) is 6.42 Å². The number of fused-ring (bicyclic) bond motifs is 2. The topological polar surface area (TPSA) is 115 Å². The maximum Gasteiger partial charge on any atom is 0.343 e. The Morgan fingerprint density at radius 1 is 1.13 bits per heavy atom. The van der Waals surface area contributed by atoms with Crippen LogP contribution < -0.4 is 0 Å². The number of carbonyl (C=O) groups excluding carboxylic acids is 1. The molecule has 4 N–H and O–H groups in total. The number of carboxylic acid groups (broad SMARTS) is 1. The van der Waals surface area contributed by atoms with Gasteiger partial charge in [-0.2, -0.15) is 0 Å². The minimum Gasteiger partial charge on any atom is -0.508 e. The molecule has 3 rings (SSSR count). The standard InChI is InChI=1S/C10H16O.C7H6O5/c1-9(2)7-4-5-10(9,3)8(11)6-7;8-3-1-4(9)6(7(11)12)5(10)2-3/h7H,4-6H2,1-3H3;1-2,8-10H,(H,11,12). The molecule has 6 heteroatoms. The first kappa shape index (κ1) is 17.1. The lowest BCUT2D eigenvalue weighted by molar-refractivity contribution is -0.128. The highest BCUT2D eigenvalue weighted by atomic mass is 16.4. The summed E-state index contributed by atoms with van der Waals surface area (Å²) >= 11 is 0. The maximum atomic E-state index is 11.6. The van der Waals surface area contributed by atoms with Gasteiger partial charge in [-0.25, -0.2) is 4.79 Å². The summed E-state index contributed by atoms with van der Waals surface area (Å²) in [7, 11) is 0. The number of phenols is 3. The Labute approximate surface area is 134 Å². The van der Waals surface area contributed by atoms with Gasteiger partial charge in [0.2, 0.25) is 0 Å². The van der Waals surface area contributed by atoms with Gasteiger partial charge in [0.1, 0.15) is 28.6 Å². The van der Waals surface area contributed by atoms with E-state index < -0.39 is 28.8 Å². The van der Waals surface area contributed by atoms with Gasteiger partial charge in [-0.15, -0.1) is 0 Å². The molecular formula is C17H22O6. The van der Waals surface area contributed by atoms with E-state index in [-0.39, 0.29) is 10.8 Å². The Hall–Kier alpha value is -2.24. The zero-order chi connectivity index (χ0) is 17.6. The molecule has 0 saturated heterocycles. The number of rotatable bonds is 1. The molecule has 6 nitrogen and oxygen atoms in total. The van der Waals surface area contributed by atoms with Gasteiger partial charge < -0.3 is 20.4 Å². The van der Waals surface area contributed by atoms with Crippen molar-refractivity contribution < 1.29 is 30.0 Å². The molecule has 0 spiro atoms. The lowest BCUT2D eigenvalue weighted by atomic mass is 9.70. The van der Waals surface area contributed by atoms with Crippen molar-refractivity contribution in [2.75, 3.05) is 0 Å². The summed E-state index contributed by atoms with van der Waals surface area (Å²) in [4.78, 5) is 21.9. The number of carboxylic acids is 1. The number of ketones is 1. The van der Waals surface area contributed by atoms with E-state index in [9.17, 15) is 9.59 Å². The van der Waals surface area contributed by atoms with Crippen LogP contribution in [0.15, 0.2) is 12.1 Å². The predicted molar refractivity (Wildman–Crippen MR) is 82.6 cm³/mol. The fourth-order valence-corrected chi connectivity index (χ4v) is 3.72. The minimum atomic E-state index is -1.45. The number of phenolic OH excluding ortho intramolecular Hbond substituents is 1. The molecule has 2 atom stereocenters. The summed E-state index contributed by atoms with van der Waals surface area (Å²) in [6, 6.07) is 1.67. The summed E-state index contributed by atoms with van der Waals surface area (Å²) in [5.41, 5.74) is -0.310. The van der Waals surface area contributed by atoms with Gasteiger partial charge >= 0.3 is 5.97 Å². The first-order valence-corrected chi connectivity index (χ1v) is 7.52. The molecule has 1 aromatic carbocycles. The van der Waals surface area contributed by atoms with Crippen LogP contribution in [0, 0.1) is 16.7 Å². The third-order valence-corrected chi connectivity index (χ3v) is 5.78. The largest absolute Gasteiger partial charge is 0.508 e. The smallest absolute Gasteiger partial charge is 0.343 e. The molecule has 0 aromatic heterocycles. The first-order chi connectivity index (χ1) is 10.5. The van der Waals surface area contributed by atoms with E-state index in [1.807, 2.05) is 0 Å². The van der Waals surface area contributed by atoms with Gasteiger partial charge in [0.05, 0.1) is 0 Å². The molecule has 2 bridgehead atoms. The van der Waals surface area contributed by atoms with Crippen molar-refractivity contribution in [3.05, 3.63) is 17.7 Å². The summed E-state index contributed by atoms with van der Waals surface area (Å²) in [6.07, 6.45) is 3.25. The second kappa shape index (κ2) is 5.44. The molecule has 2 fully saturated rings. The van der Waals surface area contributed by atoms with Crippen molar-refractivity contribution in [1.82, 2.24) is 0 Å². The molecule has 126 valence electrons. The number of benzene rings is 1. The number of aromatic carboxylic acids is 1. The van der Waals surface area contributed by atoms with Crippen molar-refractivity contribution in [3.8, 4) is 17.2 Å². The second-order valence-electron chi connectivity index (χ2n) is 7.08. The molecule has 0 aliphatic heterocycles. The Bertz CT molecular complexity index is 640. The van der Waals surface area contributed by atoms with Gasteiger partial charge in [0.15, 0.2) is 0 Å². The molecule has 0 radical (unpaired) electrons. The van der Waals surface area contributed by atoms with E-state index in [2.05, 4.69) is 20.8 Å². The quantitative estimate of drug-likeness (QED) is 0.632. The summed E-state index contributed by atoms with van der Waals surface area (Å²) < 4.78 is 0. The van der Waals surface area contributed by atoms with Crippen molar-refractivity contribution >= 4 is 11.8 Å². The van der Waals surface area contributed by atoms with E-state index in [1.54, 1.807) is 0 Å². The number of carbonyl (C=O) groups is 2. The lowest BCUT2D eigenvalue weighted by Crippen LogP contribution is -2.32. The molecule has 2 unspecified atom stereocenters. The molecule has 0 heterocycles. The third kappa shape index (κ3) is 2.62. The number of hydrogen-bond donors (Lipinski definition) is 4. The zero-order valence-corrected chi connectivity index (χ0v) is 13.5. The SMILES string of the molecule is CC12CCC(CC1=O)C2(C)C.O=C(O)c1c(O)cc(O)cc1O. The van der Waals surface area contributed by atoms with Crippen LogP contribution in [0.2, 0.25) is 0 Å². The number of Topliss-reactive ketones (excluding diaryl/α,β-unsaturated/α-hetero) is 1. The summed E-state index contributed by atoms with van der Waals surface area (Å²) in [5, 5.41) is 35.1. The van der Waals surface area contributed by atoms with E-state index in [4.69, 9.17) is 20.4 Å². The molecule has 23 heavy (non-hydrogen) atoms. The van der Waals surface area contributed by atoms with Gasteiger partial charge in [-0.1, -0.05) is 20.8 Å². The van der Waals surface area contributed by atoms with E-state index >= 15 is 0 Å². The van der Waals surface area contributed by atoms with Gasteiger partial charge in [0, 0.05) is 24.0 Å². The van der Waals surface area contributed by atoms with Crippen molar-refractivity contribution in [2.24, 2.45) is 16.7 Å². The van der Waals surface area contributed by atoms with Crippen LogP contribution in [-0.4, -0.2) is 32.2 Å². The summed E-state index contributed by atoms with van der Waals surface area (Å²) in [5.74, 6) is -1.99. The molecule has 2 saturated carbocycles. The fraction of sp³-hybridized carbons (Fsp3) is 0.529. The Morgan fingerprint density at radius 3 is 1.91 bits per heavy atom. The van der Waals surface area contributed by atoms with E-state index in [0.717, 1.165) is 25.0 Å². The van der Waals surface area contributed by atoms with Crippen LogP contribution in [0.25, 0.3) is 0 Å². The van der Waals surface area contributed by atoms with Crippen LogP contribution in [0.4, 0.5) is 0 Å². The number of aromatic hydroxyl groups is 3. The van der Waals surface area contributed by atoms with Crippen LogP contribution in [-0.2, 0) is 4.79 Å². The second-order valence-corrected chi connectivity index (χ2v) is 7.08. The Kier molecular flexibility index (Phi) is 4.05. The van der Waals surface area contributed by atoms with Crippen LogP contribution in [0.3, 0.4) is 0 Å². The molecule has 2 aliphatic rings. The monoisotopic (exact) mass is 322 g/mol. The average molecular weight is 322 g/mol. The molecule has 1 aromatic rings. The maximum absolute atomic E-state index is 11.6. The van der Waals surface area contributed by atoms with Gasteiger partial charge in [-0.3, -0.25) is 4.79 Å². The van der Waals surface area contributed by atoms with Gasteiger partial charge in [0.25, 0.3) is 0 Å². The molecule has 2 aliphatic carbocycles. The van der Waals surface area contributed by atoms with Crippen LogP contribution in [0.1, 0.15) is 50.4 Å². The highest BCUT2D eigenvalue weighted by Crippen LogP contribution is 2.63. The lowest BCUT2D eigenvalue weighted by Gasteiger charge is -2.32. The first-order valence-electron chi connectivity index (χ1n) is 7.52. The van der Waals surface area contributed by atoms with Crippen molar-refractivity contribution in [3.63, 3.8) is 0 Å². The van der Waals surface area contributed by atoms with Crippen LogP contribution in [0.5, 0.6) is 17.2 Å². The fourth-order valence-electron chi connectivity index (χ4n) is 3.72. The number of hydrogen-bond acceptors (Lipinski definition) is 5. The molecule has 0 amide bonds. The van der Waals surface area contributed by atoms with Crippen LogP contribution >= 0.6 is 0 Å². The Balaban J connectivity index is 0.000000167. The predicted octanol–water partition coefficient (Wildman–Crippen LogP) is 2.90. The van der Waals surface area contributed by atoms with Crippen molar-refractivity contribution in [2.45, 2.75) is 40.0 Å². The van der Waals surface area contributed by atoms with E-state index in [0.29, 0.717) is 11.7 Å². The average Bonchev–Trinajstić information content (AvgIpc) is 2.70.